The summed E-state index contributed by atoms with van der Waals surface area (Å²) in [6.07, 6.45) is 4.73. The monoisotopic (exact) mass is 97.0 g/mol. The molecule has 0 aromatic rings. The van der Waals surface area contributed by atoms with Crippen LogP contribution in [0.3, 0.4) is 0 Å². The molecular formula is C5H5O2. The van der Waals surface area contributed by atoms with Crippen LogP contribution in [0, 0.1) is 19.5 Å². The Hall–Kier alpha value is -0.970. The van der Waals surface area contributed by atoms with Gasteiger partial charge in [-0.3, -0.25) is 4.79 Å². The maximum atomic E-state index is 9.98. The van der Waals surface area contributed by atoms with Crippen LogP contribution in [0.25, 0.3) is 0 Å². The molecular weight excluding hydrogens is 92.1 g/mol. The number of terminal acetylenes is 1. The Morgan fingerprint density at radius 2 is 2.57 bits per heavy atom. The van der Waals surface area contributed by atoms with Crippen molar-refractivity contribution >= 4 is 5.97 Å². The van der Waals surface area contributed by atoms with Gasteiger partial charge < -0.3 is 4.74 Å². The molecule has 0 unspecified atom stereocenters. The fourth-order valence-electron chi connectivity index (χ4n) is 0.134. The fraction of sp³-hybridized carbons (Fsp3) is 0.200. The van der Waals surface area contributed by atoms with Crippen LogP contribution in [-0.4, -0.2) is 5.97 Å². The molecule has 0 saturated carbocycles. The summed E-state index contributed by atoms with van der Waals surface area (Å²) < 4.78 is 3.96. The topological polar surface area (TPSA) is 26.3 Å². The number of hydrogen-bond acceptors (Lipinski definition) is 2. The number of carbonyl (C=O) groups excluding carboxylic acids is 1. The van der Waals surface area contributed by atoms with E-state index in [0.717, 1.165) is 0 Å². The van der Waals surface area contributed by atoms with Gasteiger partial charge in [0.05, 0.1) is 0 Å². The Labute approximate surface area is 42.5 Å². The summed E-state index contributed by atoms with van der Waals surface area (Å²) in [6.45, 7) is 0. The van der Waals surface area contributed by atoms with Gasteiger partial charge in [-0.15, -0.1) is 6.42 Å². The third kappa shape index (κ3) is 2.84. The number of ether oxygens (including phenoxy) is 1. The lowest BCUT2D eigenvalue weighted by atomic mass is 10.5. The SMILES string of the molecule is C#CCC(=O)O[CH2]. The second-order valence-corrected chi connectivity index (χ2v) is 0.897. The lowest BCUT2D eigenvalue weighted by Gasteiger charge is -1.86. The molecule has 0 fully saturated rings. The van der Waals surface area contributed by atoms with Crippen molar-refractivity contribution in [3.05, 3.63) is 7.11 Å². The molecule has 0 N–H and O–H groups in total. The lowest BCUT2D eigenvalue weighted by Crippen LogP contribution is -1.94. The normalized spacial score (nSPS) is 6.86. The molecule has 2 nitrogen and oxygen atoms in total. The third-order valence-corrected chi connectivity index (χ3v) is 0.407. The van der Waals surface area contributed by atoms with Crippen LogP contribution in [0.15, 0.2) is 0 Å². The molecule has 0 spiro atoms. The summed E-state index contributed by atoms with van der Waals surface area (Å²) in [5.41, 5.74) is 0. The minimum Gasteiger partial charge on any atom is -0.461 e. The summed E-state index contributed by atoms with van der Waals surface area (Å²) in [5, 5.41) is 0. The molecule has 0 bridgehead atoms. The highest BCUT2D eigenvalue weighted by Gasteiger charge is 1.91. The maximum Gasteiger partial charge on any atom is 0.318 e. The maximum absolute atomic E-state index is 9.98. The molecule has 1 radical (unpaired) electrons. The van der Waals surface area contributed by atoms with Crippen molar-refractivity contribution in [2.75, 3.05) is 0 Å². The Morgan fingerprint density at radius 3 is 2.71 bits per heavy atom. The lowest BCUT2D eigenvalue weighted by molar-refractivity contribution is -0.137. The first-order valence-electron chi connectivity index (χ1n) is 1.69. The van der Waals surface area contributed by atoms with Crippen LogP contribution in [0.1, 0.15) is 6.42 Å². The summed E-state index contributed by atoms with van der Waals surface area (Å²) in [7, 11) is 2.86. The van der Waals surface area contributed by atoms with Crippen LogP contribution in [0.5, 0.6) is 0 Å². The highest BCUT2D eigenvalue weighted by atomic mass is 16.5. The van der Waals surface area contributed by atoms with E-state index >= 15 is 0 Å². The molecule has 0 saturated heterocycles. The van der Waals surface area contributed by atoms with Gasteiger partial charge in [0.2, 0.25) is 0 Å². The second-order valence-electron chi connectivity index (χ2n) is 0.897. The van der Waals surface area contributed by atoms with Gasteiger partial charge in [-0.2, -0.15) is 0 Å². The molecule has 0 heterocycles. The zero-order valence-electron chi connectivity index (χ0n) is 3.81. The first-order chi connectivity index (χ1) is 3.31. The zero-order valence-corrected chi connectivity index (χ0v) is 3.81. The summed E-state index contributed by atoms with van der Waals surface area (Å²) in [4.78, 5) is 9.98. The molecule has 0 aliphatic heterocycles. The van der Waals surface area contributed by atoms with Crippen LogP contribution in [0.2, 0.25) is 0 Å². The van der Waals surface area contributed by atoms with E-state index in [9.17, 15) is 4.79 Å². The zero-order chi connectivity index (χ0) is 5.70. The van der Waals surface area contributed by atoms with E-state index in [4.69, 9.17) is 6.42 Å². The van der Waals surface area contributed by atoms with E-state index in [1.165, 1.54) is 0 Å². The van der Waals surface area contributed by atoms with Crippen LogP contribution < -0.4 is 0 Å². The minimum atomic E-state index is -0.470. The molecule has 0 rings (SSSR count). The predicted octanol–water partition coefficient (Wildman–Crippen LogP) is 0.344. The standard InChI is InChI=1S/C5H5O2/c1-3-4-5(6)7-2/h1H,2,4H2. The van der Waals surface area contributed by atoms with E-state index in [2.05, 4.69) is 17.8 Å². The van der Waals surface area contributed by atoms with Gasteiger partial charge >= 0.3 is 5.97 Å². The molecule has 2 heteroatoms. The Morgan fingerprint density at radius 1 is 2.00 bits per heavy atom. The average Bonchev–Trinajstić information content (AvgIpc) is 1.68. The van der Waals surface area contributed by atoms with Crippen LogP contribution in [-0.2, 0) is 9.53 Å². The van der Waals surface area contributed by atoms with E-state index in [0.29, 0.717) is 0 Å². The Kier molecular flexibility index (Phi) is 2.78. The number of rotatable bonds is 1. The van der Waals surface area contributed by atoms with Gasteiger partial charge in [-0.1, -0.05) is 5.92 Å². The molecule has 0 atom stereocenters. The summed E-state index contributed by atoms with van der Waals surface area (Å²) in [6, 6.07) is 0. The van der Waals surface area contributed by atoms with Crippen molar-refractivity contribution in [1.29, 1.82) is 0 Å². The van der Waals surface area contributed by atoms with Gasteiger partial charge in [-0.05, 0) is 0 Å². The highest BCUT2D eigenvalue weighted by Crippen LogP contribution is 1.78. The van der Waals surface area contributed by atoms with E-state index in [-0.39, 0.29) is 6.42 Å². The number of esters is 1. The van der Waals surface area contributed by atoms with Crippen molar-refractivity contribution < 1.29 is 9.53 Å². The van der Waals surface area contributed by atoms with E-state index < -0.39 is 5.97 Å². The van der Waals surface area contributed by atoms with Crippen molar-refractivity contribution in [3.63, 3.8) is 0 Å². The average molecular weight is 97.1 g/mol. The fourth-order valence-corrected chi connectivity index (χ4v) is 0.134. The second kappa shape index (κ2) is 3.23. The quantitative estimate of drug-likeness (QED) is 0.348. The highest BCUT2D eigenvalue weighted by molar-refractivity contribution is 5.72. The smallest absolute Gasteiger partial charge is 0.318 e. The summed E-state index contributed by atoms with van der Waals surface area (Å²) in [5.74, 6) is 1.63. The van der Waals surface area contributed by atoms with Crippen molar-refractivity contribution in [1.82, 2.24) is 0 Å². The van der Waals surface area contributed by atoms with Gasteiger partial charge in [0.1, 0.15) is 13.5 Å². The molecule has 0 aliphatic carbocycles. The Balaban J connectivity index is 3.23. The van der Waals surface area contributed by atoms with E-state index in [1.807, 2.05) is 0 Å². The van der Waals surface area contributed by atoms with Gasteiger partial charge in [0.15, 0.2) is 0 Å². The van der Waals surface area contributed by atoms with Crippen LogP contribution >= 0.6 is 0 Å². The van der Waals surface area contributed by atoms with Gasteiger partial charge in [0, 0.05) is 0 Å². The molecule has 7 heavy (non-hydrogen) atoms. The first kappa shape index (κ1) is 6.03. The third-order valence-electron chi connectivity index (χ3n) is 0.407. The molecule has 0 aromatic carbocycles. The number of hydrogen-bond donors (Lipinski definition) is 0. The molecule has 37 valence electrons. The molecule has 0 amide bonds. The first-order valence-corrected chi connectivity index (χ1v) is 1.69. The van der Waals surface area contributed by atoms with Crippen molar-refractivity contribution in [2.24, 2.45) is 0 Å². The number of carbonyl (C=O) groups is 1. The predicted molar refractivity (Wildman–Crippen MR) is 24.9 cm³/mol. The van der Waals surface area contributed by atoms with Crippen LogP contribution in [0.4, 0.5) is 0 Å². The van der Waals surface area contributed by atoms with E-state index in [1.54, 1.807) is 0 Å². The summed E-state index contributed by atoms with van der Waals surface area (Å²) >= 11 is 0. The molecule has 0 aromatic heterocycles. The van der Waals surface area contributed by atoms with Crippen molar-refractivity contribution in [2.45, 2.75) is 6.42 Å². The van der Waals surface area contributed by atoms with Gasteiger partial charge in [-0.25, -0.2) is 0 Å². The minimum absolute atomic E-state index is 0.00347. The van der Waals surface area contributed by atoms with Gasteiger partial charge in [0.25, 0.3) is 0 Å². The molecule has 0 aliphatic rings. The van der Waals surface area contributed by atoms with Crippen molar-refractivity contribution in [3.8, 4) is 12.3 Å². The Bertz CT molecular complexity index is 99.1. The largest absolute Gasteiger partial charge is 0.461 e.